The highest BCUT2D eigenvalue weighted by atomic mass is 35.5. The SMILES string of the molecule is Cc1cccc(-n2c(SCc3ccc(C(=O)NC4CC4)cc3)nnc2-c2ccccc2Cl)c1. The summed E-state index contributed by atoms with van der Waals surface area (Å²) in [6.45, 7) is 2.07. The first-order chi connectivity index (χ1) is 16.1. The summed E-state index contributed by atoms with van der Waals surface area (Å²) >= 11 is 8.09. The van der Waals surface area contributed by atoms with Gasteiger partial charge in [-0.2, -0.15) is 0 Å². The Kier molecular flexibility index (Phi) is 6.20. The van der Waals surface area contributed by atoms with Crippen molar-refractivity contribution in [1.29, 1.82) is 0 Å². The lowest BCUT2D eigenvalue weighted by Crippen LogP contribution is -2.25. The normalized spacial score (nSPS) is 13.2. The van der Waals surface area contributed by atoms with Crippen LogP contribution >= 0.6 is 23.4 Å². The lowest BCUT2D eigenvalue weighted by Gasteiger charge is -2.12. The number of rotatable bonds is 7. The van der Waals surface area contributed by atoms with Gasteiger partial charge < -0.3 is 5.32 Å². The molecule has 1 N–H and O–H groups in total. The Hall–Kier alpha value is -3.09. The summed E-state index contributed by atoms with van der Waals surface area (Å²) < 4.78 is 2.05. The predicted octanol–water partition coefficient (Wildman–Crippen LogP) is 6.08. The fourth-order valence-corrected chi connectivity index (χ4v) is 4.70. The van der Waals surface area contributed by atoms with E-state index in [1.165, 1.54) is 0 Å². The number of nitrogens with zero attached hydrogens (tertiary/aromatic N) is 3. The van der Waals surface area contributed by atoms with Gasteiger partial charge >= 0.3 is 0 Å². The van der Waals surface area contributed by atoms with E-state index >= 15 is 0 Å². The molecular weight excluding hydrogens is 452 g/mol. The van der Waals surface area contributed by atoms with Crippen molar-refractivity contribution in [3.8, 4) is 17.1 Å². The minimum absolute atomic E-state index is 0.000255. The molecular formula is C26H23ClN4OS. The van der Waals surface area contributed by atoms with Crippen LogP contribution in [0, 0.1) is 6.92 Å². The standard InChI is InChI=1S/C26H23ClN4OS/c1-17-5-4-6-21(15-17)31-24(22-7-2-3-8-23(22)27)29-30-26(31)33-16-18-9-11-19(12-10-18)25(32)28-20-13-14-20/h2-12,15,20H,13-14,16H2,1H3,(H,28,32). The molecule has 1 amide bonds. The van der Waals surface area contributed by atoms with Crippen LogP contribution < -0.4 is 5.32 Å². The molecule has 4 aromatic rings. The molecule has 5 nitrogen and oxygen atoms in total. The van der Waals surface area contributed by atoms with Gasteiger partial charge in [-0.1, -0.05) is 59.8 Å². The Morgan fingerprint density at radius 3 is 2.58 bits per heavy atom. The zero-order chi connectivity index (χ0) is 22.8. The van der Waals surface area contributed by atoms with Gasteiger partial charge in [-0.15, -0.1) is 10.2 Å². The van der Waals surface area contributed by atoms with E-state index in [1.807, 2.05) is 60.7 Å². The molecule has 1 aliphatic carbocycles. The van der Waals surface area contributed by atoms with Gasteiger partial charge in [0.1, 0.15) is 0 Å². The van der Waals surface area contributed by atoms with Gasteiger partial charge in [0.15, 0.2) is 11.0 Å². The van der Waals surface area contributed by atoms with Gasteiger partial charge in [-0.25, -0.2) is 0 Å². The third-order valence-electron chi connectivity index (χ3n) is 5.50. The van der Waals surface area contributed by atoms with Gasteiger partial charge in [0.2, 0.25) is 0 Å². The molecule has 3 aromatic carbocycles. The first kappa shape index (κ1) is 21.7. The number of amides is 1. The number of benzene rings is 3. The van der Waals surface area contributed by atoms with E-state index in [0.29, 0.717) is 28.2 Å². The summed E-state index contributed by atoms with van der Waals surface area (Å²) in [4.78, 5) is 12.2. The van der Waals surface area contributed by atoms with Crippen LogP contribution in [0.5, 0.6) is 0 Å². The van der Waals surface area contributed by atoms with Crippen LogP contribution in [0.2, 0.25) is 5.02 Å². The maximum absolute atomic E-state index is 12.2. The van der Waals surface area contributed by atoms with E-state index < -0.39 is 0 Å². The highest BCUT2D eigenvalue weighted by Crippen LogP contribution is 2.33. The minimum Gasteiger partial charge on any atom is -0.349 e. The molecule has 0 bridgehead atoms. The molecule has 5 rings (SSSR count). The zero-order valence-corrected chi connectivity index (χ0v) is 19.7. The number of thioether (sulfide) groups is 1. The fourth-order valence-electron chi connectivity index (χ4n) is 3.58. The molecule has 1 aliphatic rings. The third-order valence-corrected chi connectivity index (χ3v) is 6.83. The van der Waals surface area contributed by atoms with E-state index in [2.05, 4.69) is 39.1 Å². The van der Waals surface area contributed by atoms with Crippen molar-refractivity contribution in [2.24, 2.45) is 0 Å². The largest absolute Gasteiger partial charge is 0.349 e. The van der Waals surface area contributed by atoms with Gasteiger partial charge in [0, 0.05) is 28.6 Å². The van der Waals surface area contributed by atoms with Crippen molar-refractivity contribution < 1.29 is 4.79 Å². The van der Waals surface area contributed by atoms with Crippen molar-refractivity contribution in [3.63, 3.8) is 0 Å². The van der Waals surface area contributed by atoms with E-state index in [1.54, 1.807) is 11.8 Å². The zero-order valence-electron chi connectivity index (χ0n) is 18.2. The second kappa shape index (κ2) is 9.41. The number of hydrogen-bond acceptors (Lipinski definition) is 4. The molecule has 1 heterocycles. The van der Waals surface area contributed by atoms with Crippen LogP contribution in [0.4, 0.5) is 0 Å². The van der Waals surface area contributed by atoms with E-state index in [4.69, 9.17) is 11.6 Å². The molecule has 0 radical (unpaired) electrons. The monoisotopic (exact) mass is 474 g/mol. The van der Waals surface area contributed by atoms with Crippen molar-refractivity contribution in [2.45, 2.75) is 36.7 Å². The number of carbonyl (C=O) groups is 1. The van der Waals surface area contributed by atoms with Gasteiger partial charge in [-0.3, -0.25) is 9.36 Å². The quantitative estimate of drug-likeness (QED) is 0.330. The van der Waals surface area contributed by atoms with E-state index in [-0.39, 0.29) is 5.91 Å². The molecule has 33 heavy (non-hydrogen) atoms. The number of aromatic nitrogens is 3. The van der Waals surface area contributed by atoms with Crippen molar-refractivity contribution in [3.05, 3.63) is 94.5 Å². The summed E-state index contributed by atoms with van der Waals surface area (Å²) in [5.41, 5.74) is 4.79. The Morgan fingerprint density at radius 2 is 1.85 bits per heavy atom. The Labute approximate surface area is 202 Å². The van der Waals surface area contributed by atoms with Crippen molar-refractivity contribution in [1.82, 2.24) is 20.1 Å². The van der Waals surface area contributed by atoms with Crippen molar-refractivity contribution >= 4 is 29.3 Å². The summed E-state index contributed by atoms with van der Waals surface area (Å²) in [6, 6.07) is 24.0. The van der Waals surface area contributed by atoms with E-state index in [9.17, 15) is 4.79 Å². The molecule has 1 saturated carbocycles. The van der Waals surface area contributed by atoms with Gasteiger partial charge in [0.25, 0.3) is 5.91 Å². The molecule has 166 valence electrons. The van der Waals surface area contributed by atoms with Crippen LogP contribution in [0.1, 0.15) is 34.3 Å². The lowest BCUT2D eigenvalue weighted by molar-refractivity contribution is 0.0951. The lowest BCUT2D eigenvalue weighted by atomic mass is 10.1. The average molecular weight is 475 g/mol. The maximum atomic E-state index is 12.2. The van der Waals surface area contributed by atoms with Crippen LogP contribution in [-0.2, 0) is 5.75 Å². The average Bonchev–Trinajstić information content (AvgIpc) is 3.54. The molecule has 0 atom stereocenters. The highest BCUT2D eigenvalue weighted by molar-refractivity contribution is 7.98. The predicted molar refractivity (Wildman–Crippen MR) is 133 cm³/mol. The first-order valence-electron chi connectivity index (χ1n) is 10.9. The Bertz CT molecular complexity index is 1300. The molecule has 0 unspecified atom stereocenters. The van der Waals surface area contributed by atoms with Crippen LogP contribution in [0.3, 0.4) is 0 Å². The Morgan fingerprint density at radius 1 is 1.06 bits per heavy atom. The van der Waals surface area contributed by atoms with Crippen LogP contribution in [-0.4, -0.2) is 26.7 Å². The number of nitrogens with one attached hydrogen (secondary N) is 1. The van der Waals surface area contributed by atoms with Crippen LogP contribution in [0.25, 0.3) is 17.1 Å². The fraction of sp³-hybridized carbons (Fsp3) is 0.192. The molecule has 1 fully saturated rings. The topological polar surface area (TPSA) is 59.8 Å². The molecule has 0 spiro atoms. The third kappa shape index (κ3) is 4.97. The van der Waals surface area contributed by atoms with E-state index in [0.717, 1.165) is 40.4 Å². The molecule has 1 aromatic heterocycles. The molecule has 7 heteroatoms. The maximum Gasteiger partial charge on any atom is 0.251 e. The first-order valence-corrected chi connectivity index (χ1v) is 12.2. The Balaban J connectivity index is 1.41. The minimum atomic E-state index is 0.000255. The smallest absolute Gasteiger partial charge is 0.251 e. The number of carbonyl (C=O) groups excluding carboxylic acids is 1. The van der Waals surface area contributed by atoms with Gasteiger partial charge in [-0.05, 0) is 67.3 Å². The number of halogens is 1. The summed E-state index contributed by atoms with van der Waals surface area (Å²) in [5.74, 6) is 1.41. The van der Waals surface area contributed by atoms with Gasteiger partial charge in [0.05, 0.1) is 5.02 Å². The second-order valence-electron chi connectivity index (χ2n) is 8.19. The van der Waals surface area contributed by atoms with Crippen LogP contribution in [0.15, 0.2) is 78.0 Å². The number of hydrogen-bond donors (Lipinski definition) is 1. The second-order valence-corrected chi connectivity index (χ2v) is 9.54. The highest BCUT2D eigenvalue weighted by Gasteiger charge is 2.23. The molecule has 0 aliphatic heterocycles. The summed E-state index contributed by atoms with van der Waals surface area (Å²) in [7, 11) is 0. The van der Waals surface area contributed by atoms with Crippen molar-refractivity contribution in [2.75, 3.05) is 0 Å². The number of aryl methyl sites for hydroxylation is 1. The molecule has 0 saturated heterocycles. The summed E-state index contributed by atoms with van der Waals surface area (Å²) in [6.07, 6.45) is 2.16. The summed E-state index contributed by atoms with van der Waals surface area (Å²) in [5, 5.41) is 13.4.